The van der Waals surface area contributed by atoms with Gasteiger partial charge in [0.05, 0.1) is 12.0 Å². The van der Waals surface area contributed by atoms with Crippen LogP contribution in [0.4, 0.5) is 0 Å². The molecule has 0 atom stereocenters. The summed E-state index contributed by atoms with van der Waals surface area (Å²) in [6, 6.07) is 5.13. The van der Waals surface area contributed by atoms with Gasteiger partial charge in [-0.2, -0.15) is 0 Å². The number of aromatic hydroxyl groups is 1. The van der Waals surface area contributed by atoms with E-state index in [4.69, 9.17) is 13.9 Å². The standard InChI is InChI=1S/C25H32O5/c1-5-6-7-8-16-29-24-22(26)20-13-10-14-21(23(20)30-25(24)27)28-17-15-19(4)12-9-11-18(2)3/h6-7,10-11,13-15,26H,5,8-9,12,16-17H2,1-4H3. The molecule has 0 bridgehead atoms. The lowest BCUT2D eigenvalue weighted by molar-refractivity contribution is 0.288. The third kappa shape index (κ3) is 6.83. The first-order chi connectivity index (χ1) is 14.4. The summed E-state index contributed by atoms with van der Waals surface area (Å²) in [5, 5.41) is 10.9. The normalized spacial score (nSPS) is 11.8. The molecular formula is C25H32O5. The fourth-order valence-corrected chi connectivity index (χ4v) is 2.88. The highest BCUT2D eigenvalue weighted by Crippen LogP contribution is 2.35. The second-order valence-corrected chi connectivity index (χ2v) is 7.40. The van der Waals surface area contributed by atoms with Gasteiger partial charge in [0.1, 0.15) is 6.61 Å². The number of fused-ring (bicyclic) bond motifs is 1. The average molecular weight is 413 g/mol. The Kier molecular flexibility index (Phi) is 9.26. The third-order valence-corrected chi connectivity index (χ3v) is 4.52. The zero-order chi connectivity index (χ0) is 21.9. The number of allylic oxidation sites excluding steroid dienone is 4. The van der Waals surface area contributed by atoms with E-state index in [9.17, 15) is 9.90 Å². The van der Waals surface area contributed by atoms with Crippen LogP contribution in [0.15, 0.2) is 62.9 Å². The minimum absolute atomic E-state index is 0.167. The molecule has 1 aromatic heterocycles. The minimum Gasteiger partial charge on any atom is -0.504 e. The molecule has 0 saturated heterocycles. The van der Waals surface area contributed by atoms with Crippen LogP contribution in [0, 0.1) is 0 Å². The zero-order valence-electron chi connectivity index (χ0n) is 18.4. The van der Waals surface area contributed by atoms with Crippen molar-refractivity contribution in [2.45, 2.75) is 53.4 Å². The van der Waals surface area contributed by atoms with E-state index in [1.165, 1.54) is 11.1 Å². The molecule has 1 N–H and O–H groups in total. The maximum atomic E-state index is 12.3. The molecule has 0 aliphatic carbocycles. The molecule has 5 heteroatoms. The second kappa shape index (κ2) is 11.9. The molecule has 0 saturated carbocycles. The van der Waals surface area contributed by atoms with Crippen molar-refractivity contribution in [1.29, 1.82) is 0 Å². The molecule has 5 nitrogen and oxygen atoms in total. The van der Waals surface area contributed by atoms with Crippen molar-refractivity contribution < 1.29 is 19.0 Å². The Balaban J connectivity index is 2.12. The Labute approximate surface area is 178 Å². The predicted octanol–water partition coefficient (Wildman–Crippen LogP) is 6.31. The largest absolute Gasteiger partial charge is 0.504 e. The molecule has 2 rings (SSSR count). The van der Waals surface area contributed by atoms with Crippen molar-refractivity contribution in [3.05, 3.63) is 64.1 Å². The molecular weight excluding hydrogens is 380 g/mol. The van der Waals surface area contributed by atoms with Crippen molar-refractivity contribution in [3.8, 4) is 17.2 Å². The summed E-state index contributed by atoms with van der Waals surface area (Å²) in [5.41, 5.74) is 2.04. The zero-order valence-corrected chi connectivity index (χ0v) is 18.4. The van der Waals surface area contributed by atoms with Gasteiger partial charge in [-0.3, -0.25) is 0 Å². The van der Waals surface area contributed by atoms with Crippen molar-refractivity contribution in [2.75, 3.05) is 13.2 Å². The summed E-state index contributed by atoms with van der Waals surface area (Å²) in [6.07, 6.45) is 11.8. The Hall–Kier alpha value is -2.95. The summed E-state index contributed by atoms with van der Waals surface area (Å²) in [5.74, 6) is 0.0184. The van der Waals surface area contributed by atoms with Crippen molar-refractivity contribution >= 4 is 11.0 Å². The number of hydrogen-bond donors (Lipinski definition) is 1. The first-order valence-corrected chi connectivity index (χ1v) is 10.4. The topological polar surface area (TPSA) is 68.9 Å². The fraction of sp³-hybridized carbons (Fsp3) is 0.400. The van der Waals surface area contributed by atoms with Crippen LogP contribution in [0.1, 0.15) is 53.4 Å². The summed E-state index contributed by atoms with van der Waals surface area (Å²) < 4.78 is 16.7. The molecule has 0 unspecified atom stereocenters. The van der Waals surface area contributed by atoms with Crippen LogP contribution in [0.5, 0.6) is 17.2 Å². The molecule has 162 valence electrons. The summed E-state index contributed by atoms with van der Waals surface area (Å²) in [6.45, 7) is 8.93. The molecule has 0 amide bonds. The molecule has 0 radical (unpaired) electrons. The van der Waals surface area contributed by atoms with Crippen LogP contribution in [-0.4, -0.2) is 18.3 Å². The number of benzene rings is 1. The summed E-state index contributed by atoms with van der Waals surface area (Å²) >= 11 is 0. The Morgan fingerprint density at radius 2 is 1.90 bits per heavy atom. The quantitative estimate of drug-likeness (QED) is 0.266. The first-order valence-electron chi connectivity index (χ1n) is 10.4. The van der Waals surface area contributed by atoms with Crippen LogP contribution in [0.3, 0.4) is 0 Å². The highest BCUT2D eigenvalue weighted by Gasteiger charge is 2.17. The van der Waals surface area contributed by atoms with Crippen molar-refractivity contribution in [2.24, 2.45) is 0 Å². The Morgan fingerprint density at radius 1 is 1.10 bits per heavy atom. The van der Waals surface area contributed by atoms with Gasteiger partial charge in [0.2, 0.25) is 5.75 Å². The monoisotopic (exact) mass is 412 g/mol. The van der Waals surface area contributed by atoms with Gasteiger partial charge in [-0.05, 0) is 64.7 Å². The number of ether oxygens (including phenoxy) is 2. The molecule has 0 aliphatic rings. The van der Waals surface area contributed by atoms with Crippen LogP contribution in [-0.2, 0) is 0 Å². The van der Waals surface area contributed by atoms with Crippen LogP contribution in [0.25, 0.3) is 11.0 Å². The smallest absolute Gasteiger partial charge is 0.383 e. The average Bonchev–Trinajstić information content (AvgIpc) is 2.70. The van der Waals surface area contributed by atoms with Gasteiger partial charge in [0, 0.05) is 0 Å². The molecule has 0 aliphatic heterocycles. The van der Waals surface area contributed by atoms with E-state index in [0.717, 1.165) is 19.3 Å². The molecule has 30 heavy (non-hydrogen) atoms. The molecule has 0 spiro atoms. The van der Waals surface area contributed by atoms with Crippen molar-refractivity contribution in [1.82, 2.24) is 0 Å². The van der Waals surface area contributed by atoms with Crippen LogP contribution in [0.2, 0.25) is 0 Å². The maximum Gasteiger partial charge on any atom is 0.383 e. The predicted molar refractivity (Wildman–Crippen MR) is 122 cm³/mol. The number of hydrogen-bond acceptors (Lipinski definition) is 5. The van der Waals surface area contributed by atoms with Gasteiger partial charge in [-0.25, -0.2) is 4.79 Å². The van der Waals surface area contributed by atoms with E-state index < -0.39 is 5.63 Å². The van der Waals surface area contributed by atoms with Gasteiger partial charge in [-0.15, -0.1) is 0 Å². The van der Waals surface area contributed by atoms with Gasteiger partial charge < -0.3 is 19.0 Å². The molecule has 1 aromatic carbocycles. The van der Waals surface area contributed by atoms with E-state index in [-0.39, 0.29) is 23.7 Å². The van der Waals surface area contributed by atoms with E-state index in [2.05, 4.69) is 26.8 Å². The minimum atomic E-state index is -0.719. The van der Waals surface area contributed by atoms with Gasteiger partial charge in [0.25, 0.3) is 0 Å². The molecule has 2 aromatic rings. The highest BCUT2D eigenvalue weighted by molar-refractivity contribution is 5.89. The van der Waals surface area contributed by atoms with E-state index >= 15 is 0 Å². The fourth-order valence-electron chi connectivity index (χ4n) is 2.88. The van der Waals surface area contributed by atoms with Crippen molar-refractivity contribution in [3.63, 3.8) is 0 Å². The lowest BCUT2D eigenvalue weighted by atomic mass is 10.1. The Morgan fingerprint density at radius 3 is 2.63 bits per heavy atom. The van der Waals surface area contributed by atoms with E-state index in [1.807, 2.05) is 25.2 Å². The summed E-state index contributed by atoms with van der Waals surface area (Å²) in [4.78, 5) is 12.3. The number of para-hydroxylation sites is 1. The third-order valence-electron chi connectivity index (χ3n) is 4.52. The SMILES string of the molecule is CCC=CCCOc1c(O)c2cccc(OCC=C(C)CCC=C(C)C)c2oc1=O. The molecule has 0 fully saturated rings. The summed E-state index contributed by atoms with van der Waals surface area (Å²) in [7, 11) is 0. The Bertz CT molecular complexity index is 975. The van der Waals surface area contributed by atoms with Gasteiger partial charge in [0.15, 0.2) is 17.1 Å². The lowest BCUT2D eigenvalue weighted by Crippen LogP contribution is -2.08. The lowest BCUT2D eigenvalue weighted by Gasteiger charge is -2.10. The van der Waals surface area contributed by atoms with E-state index in [1.54, 1.807) is 18.2 Å². The maximum absolute atomic E-state index is 12.3. The first kappa shape index (κ1) is 23.3. The van der Waals surface area contributed by atoms with Crippen LogP contribution < -0.4 is 15.1 Å². The molecule has 1 heterocycles. The van der Waals surface area contributed by atoms with Gasteiger partial charge in [-0.1, -0.05) is 42.4 Å². The van der Waals surface area contributed by atoms with E-state index in [0.29, 0.717) is 24.2 Å². The highest BCUT2D eigenvalue weighted by atomic mass is 16.5. The number of rotatable bonds is 11. The van der Waals surface area contributed by atoms with Crippen LogP contribution >= 0.6 is 0 Å². The second-order valence-electron chi connectivity index (χ2n) is 7.40. The van der Waals surface area contributed by atoms with Gasteiger partial charge >= 0.3 is 5.63 Å².